The van der Waals surface area contributed by atoms with Crippen molar-refractivity contribution in [3.63, 3.8) is 0 Å². The predicted octanol–water partition coefficient (Wildman–Crippen LogP) is 0.936. The van der Waals surface area contributed by atoms with Gasteiger partial charge in [-0.1, -0.05) is 11.6 Å². The maximum atomic E-state index is 11.9. The summed E-state index contributed by atoms with van der Waals surface area (Å²) in [6.07, 6.45) is 5.21. The molecule has 1 aliphatic heterocycles. The van der Waals surface area contributed by atoms with Gasteiger partial charge in [-0.05, 0) is 12.8 Å². The molecular formula is C12H15ClN6O. The zero-order chi connectivity index (χ0) is 14.1. The largest absolute Gasteiger partial charge is 0.368 e. The van der Waals surface area contributed by atoms with E-state index in [2.05, 4.69) is 25.2 Å². The molecular weight excluding hydrogens is 280 g/mol. The highest BCUT2D eigenvalue weighted by Gasteiger charge is 2.25. The Kier molecular flexibility index (Phi) is 3.43. The molecule has 0 bridgehead atoms. The highest BCUT2D eigenvalue weighted by atomic mass is 35.5. The Morgan fingerprint density at radius 3 is 3.10 bits per heavy atom. The molecule has 106 valence electrons. The summed E-state index contributed by atoms with van der Waals surface area (Å²) in [6.45, 7) is 1.61. The Morgan fingerprint density at radius 1 is 1.50 bits per heavy atom. The van der Waals surface area contributed by atoms with Crippen molar-refractivity contribution in [2.75, 3.05) is 18.0 Å². The van der Waals surface area contributed by atoms with E-state index in [1.165, 1.54) is 11.0 Å². The van der Waals surface area contributed by atoms with E-state index in [-0.39, 0.29) is 16.5 Å². The topological polar surface area (TPSA) is 79.7 Å². The monoisotopic (exact) mass is 294 g/mol. The lowest BCUT2D eigenvalue weighted by atomic mass is 9.97. The van der Waals surface area contributed by atoms with Crippen molar-refractivity contribution in [2.24, 2.45) is 7.05 Å². The van der Waals surface area contributed by atoms with Gasteiger partial charge < -0.3 is 4.90 Å². The highest BCUT2D eigenvalue weighted by Crippen LogP contribution is 2.30. The minimum atomic E-state index is -0.272. The summed E-state index contributed by atoms with van der Waals surface area (Å²) in [5.41, 5.74) is 0.421. The normalized spacial score (nSPS) is 19.3. The SMILES string of the molecule is Cn1ncc(N2CCC[C@H](c3ncn[nH]3)C2)c(Cl)c1=O. The van der Waals surface area contributed by atoms with Crippen LogP contribution in [0, 0.1) is 0 Å². The molecule has 20 heavy (non-hydrogen) atoms. The molecule has 0 spiro atoms. The molecule has 0 amide bonds. The number of nitrogens with zero attached hydrogens (tertiary/aromatic N) is 5. The van der Waals surface area contributed by atoms with Gasteiger partial charge in [0.1, 0.15) is 17.2 Å². The number of piperidine rings is 1. The van der Waals surface area contributed by atoms with Gasteiger partial charge in [-0.15, -0.1) is 0 Å². The lowest BCUT2D eigenvalue weighted by Crippen LogP contribution is -2.36. The smallest absolute Gasteiger partial charge is 0.287 e. The number of aromatic nitrogens is 5. The van der Waals surface area contributed by atoms with Crippen molar-refractivity contribution in [1.82, 2.24) is 25.0 Å². The minimum absolute atomic E-state index is 0.223. The Labute approximate surface area is 120 Å². The number of aromatic amines is 1. The van der Waals surface area contributed by atoms with E-state index < -0.39 is 0 Å². The first kappa shape index (κ1) is 13.1. The maximum Gasteiger partial charge on any atom is 0.287 e. The fourth-order valence-electron chi connectivity index (χ4n) is 2.55. The van der Waals surface area contributed by atoms with E-state index in [1.54, 1.807) is 13.2 Å². The van der Waals surface area contributed by atoms with Crippen LogP contribution in [0.3, 0.4) is 0 Å². The van der Waals surface area contributed by atoms with Crippen molar-refractivity contribution >= 4 is 17.3 Å². The Bertz CT molecular complexity index is 652. The Balaban J connectivity index is 1.87. The first-order chi connectivity index (χ1) is 9.66. The van der Waals surface area contributed by atoms with Gasteiger partial charge in [0.2, 0.25) is 0 Å². The van der Waals surface area contributed by atoms with Gasteiger partial charge >= 0.3 is 0 Å². The fourth-order valence-corrected chi connectivity index (χ4v) is 2.84. The first-order valence-electron chi connectivity index (χ1n) is 6.49. The summed E-state index contributed by atoms with van der Waals surface area (Å²) in [7, 11) is 1.59. The number of halogens is 1. The quantitative estimate of drug-likeness (QED) is 0.891. The van der Waals surface area contributed by atoms with Gasteiger partial charge in [-0.3, -0.25) is 9.89 Å². The predicted molar refractivity (Wildman–Crippen MR) is 75.1 cm³/mol. The van der Waals surface area contributed by atoms with Crippen LogP contribution in [0.2, 0.25) is 5.02 Å². The van der Waals surface area contributed by atoms with E-state index >= 15 is 0 Å². The summed E-state index contributed by atoms with van der Waals surface area (Å²) in [4.78, 5) is 18.2. The molecule has 1 aliphatic rings. The third-order valence-corrected chi connectivity index (χ3v) is 4.00. The van der Waals surface area contributed by atoms with Gasteiger partial charge in [0, 0.05) is 26.1 Å². The fraction of sp³-hybridized carbons (Fsp3) is 0.500. The average molecular weight is 295 g/mol. The Hall–Kier alpha value is -1.89. The minimum Gasteiger partial charge on any atom is -0.368 e. The van der Waals surface area contributed by atoms with E-state index in [9.17, 15) is 4.79 Å². The molecule has 1 saturated heterocycles. The summed E-state index contributed by atoms with van der Waals surface area (Å²) in [6, 6.07) is 0. The number of aryl methyl sites for hydroxylation is 1. The third-order valence-electron chi connectivity index (χ3n) is 3.64. The number of nitrogens with one attached hydrogen (secondary N) is 1. The van der Waals surface area contributed by atoms with Gasteiger partial charge in [-0.2, -0.15) is 10.2 Å². The Morgan fingerprint density at radius 2 is 2.35 bits per heavy atom. The first-order valence-corrected chi connectivity index (χ1v) is 6.86. The van der Waals surface area contributed by atoms with Crippen molar-refractivity contribution in [2.45, 2.75) is 18.8 Å². The van der Waals surface area contributed by atoms with Gasteiger partial charge in [0.15, 0.2) is 0 Å². The molecule has 1 fully saturated rings. The number of hydrogen-bond donors (Lipinski definition) is 1. The van der Waals surface area contributed by atoms with E-state index in [4.69, 9.17) is 11.6 Å². The number of anilines is 1. The lowest BCUT2D eigenvalue weighted by Gasteiger charge is -2.33. The number of H-pyrrole nitrogens is 1. The van der Waals surface area contributed by atoms with Crippen LogP contribution in [0.1, 0.15) is 24.6 Å². The third kappa shape index (κ3) is 2.29. The van der Waals surface area contributed by atoms with E-state index in [0.29, 0.717) is 5.69 Å². The van der Waals surface area contributed by atoms with Crippen molar-refractivity contribution in [3.8, 4) is 0 Å². The standard InChI is InChI=1S/C12H15ClN6O/c1-18-12(20)10(13)9(5-16-18)19-4-2-3-8(6-19)11-14-7-15-17-11/h5,7-8H,2-4,6H2,1H3,(H,14,15,17)/t8-/m0/s1. The van der Waals surface area contributed by atoms with Crippen molar-refractivity contribution < 1.29 is 0 Å². The van der Waals surface area contributed by atoms with Crippen LogP contribution >= 0.6 is 11.6 Å². The summed E-state index contributed by atoms with van der Waals surface area (Å²) < 4.78 is 1.24. The van der Waals surface area contributed by atoms with Gasteiger partial charge in [-0.25, -0.2) is 9.67 Å². The molecule has 0 unspecified atom stereocenters. The van der Waals surface area contributed by atoms with Crippen LogP contribution in [0.4, 0.5) is 5.69 Å². The van der Waals surface area contributed by atoms with E-state index in [1.807, 2.05) is 0 Å². The van der Waals surface area contributed by atoms with Crippen molar-refractivity contribution in [3.05, 3.63) is 33.7 Å². The summed E-state index contributed by atoms with van der Waals surface area (Å²) >= 11 is 6.15. The molecule has 8 heteroatoms. The summed E-state index contributed by atoms with van der Waals surface area (Å²) in [5, 5.41) is 11.1. The number of rotatable bonds is 2. The van der Waals surface area contributed by atoms with Crippen molar-refractivity contribution in [1.29, 1.82) is 0 Å². The van der Waals surface area contributed by atoms with E-state index in [0.717, 1.165) is 31.8 Å². The van der Waals surface area contributed by atoms with Crippen LogP contribution in [-0.4, -0.2) is 38.1 Å². The van der Waals surface area contributed by atoms with Gasteiger partial charge in [0.25, 0.3) is 5.56 Å². The molecule has 1 atom stereocenters. The highest BCUT2D eigenvalue weighted by molar-refractivity contribution is 6.33. The second kappa shape index (κ2) is 5.24. The molecule has 2 aromatic heterocycles. The summed E-state index contributed by atoms with van der Waals surface area (Å²) in [5.74, 6) is 1.15. The van der Waals surface area contributed by atoms with Crippen LogP contribution in [0.5, 0.6) is 0 Å². The molecule has 1 N–H and O–H groups in total. The second-order valence-corrected chi connectivity index (χ2v) is 5.31. The molecule has 3 heterocycles. The second-order valence-electron chi connectivity index (χ2n) is 4.93. The number of hydrogen-bond acceptors (Lipinski definition) is 5. The average Bonchev–Trinajstić information content (AvgIpc) is 2.99. The van der Waals surface area contributed by atoms with Crippen LogP contribution in [0.25, 0.3) is 0 Å². The maximum absolute atomic E-state index is 11.9. The lowest BCUT2D eigenvalue weighted by molar-refractivity contribution is 0.491. The van der Waals surface area contributed by atoms with Gasteiger partial charge in [0.05, 0.1) is 11.9 Å². The molecule has 0 saturated carbocycles. The van der Waals surface area contributed by atoms with Crippen LogP contribution in [-0.2, 0) is 7.05 Å². The molecule has 2 aromatic rings. The molecule has 0 aliphatic carbocycles. The molecule has 0 radical (unpaired) electrons. The molecule has 3 rings (SSSR count). The zero-order valence-corrected chi connectivity index (χ0v) is 11.8. The zero-order valence-electron chi connectivity index (χ0n) is 11.1. The van der Waals surface area contributed by atoms with Crippen LogP contribution < -0.4 is 10.5 Å². The molecule has 7 nitrogen and oxygen atoms in total. The van der Waals surface area contributed by atoms with Crippen LogP contribution in [0.15, 0.2) is 17.3 Å². The molecule has 0 aromatic carbocycles.